The average molecular weight is 268 g/mol. The van der Waals surface area contributed by atoms with Crippen LogP contribution in [0.1, 0.15) is 52.4 Å². The fraction of sp³-hybridized carbons (Fsp3) is 1.00. The van der Waals surface area contributed by atoms with Gasteiger partial charge in [-0.05, 0) is 44.7 Å². The predicted octanol–water partition coefficient (Wildman–Crippen LogP) is 2.66. The SMILES string of the molecule is CCCNC(C1CCCC1)C1CN(CCC)CCO1. The molecular formula is C16H32N2O. The molecule has 1 N–H and O–H groups in total. The van der Waals surface area contributed by atoms with Crippen molar-refractivity contribution in [3.05, 3.63) is 0 Å². The van der Waals surface area contributed by atoms with Crippen molar-refractivity contribution in [3.8, 4) is 0 Å². The summed E-state index contributed by atoms with van der Waals surface area (Å²) < 4.78 is 6.12. The fourth-order valence-corrected chi connectivity index (χ4v) is 3.70. The highest BCUT2D eigenvalue weighted by molar-refractivity contribution is 4.90. The maximum absolute atomic E-state index is 6.12. The second-order valence-corrected chi connectivity index (χ2v) is 6.23. The molecule has 0 radical (unpaired) electrons. The molecule has 2 aliphatic rings. The van der Waals surface area contributed by atoms with Gasteiger partial charge in [-0.1, -0.05) is 26.7 Å². The Labute approximate surface area is 119 Å². The van der Waals surface area contributed by atoms with E-state index in [0.29, 0.717) is 12.1 Å². The summed E-state index contributed by atoms with van der Waals surface area (Å²) in [6, 6.07) is 0.585. The zero-order chi connectivity index (χ0) is 13.5. The van der Waals surface area contributed by atoms with Crippen LogP contribution in [-0.4, -0.2) is 49.8 Å². The van der Waals surface area contributed by atoms with Crippen LogP contribution in [0.3, 0.4) is 0 Å². The Morgan fingerprint density at radius 1 is 1.21 bits per heavy atom. The van der Waals surface area contributed by atoms with Crippen LogP contribution < -0.4 is 5.32 Å². The van der Waals surface area contributed by atoms with E-state index in [4.69, 9.17) is 4.74 Å². The summed E-state index contributed by atoms with van der Waals surface area (Å²) in [5.41, 5.74) is 0. The Morgan fingerprint density at radius 3 is 2.68 bits per heavy atom. The number of nitrogens with one attached hydrogen (secondary N) is 1. The van der Waals surface area contributed by atoms with E-state index in [1.807, 2.05) is 0 Å². The molecule has 0 bridgehead atoms. The summed E-state index contributed by atoms with van der Waals surface area (Å²) in [4.78, 5) is 2.59. The zero-order valence-corrected chi connectivity index (χ0v) is 12.9. The van der Waals surface area contributed by atoms with Gasteiger partial charge in [0.2, 0.25) is 0 Å². The van der Waals surface area contributed by atoms with E-state index < -0.39 is 0 Å². The highest BCUT2D eigenvalue weighted by Crippen LogP contribution is 2.30. The molecule has 1 heterocycles. The molecule has 3 heteroatoms. The number of hydrogen-bond donors (Lipinski definition) is 1. The highest BCUT2D eigenvalue weighted by Gasteiger charge is 2.34. The van der Waals surface area contributed by atoms with Crippen molar-refractivity contribution in [2.75, 3.05) is 32.8 Å². The topological polar surface area (TPSA) is 24.5 Å². The van der Waals surface area contributed by atoms with Crippen molar-refractivity contribution in [2.24, 2.45) is 5.92 Å². The maximum Gasteiger partial charge on any atom is 0.0857 e. The van der Waals surface area contributed by atoms with Gasteiger partial charge in [0.25, 0.3) is 0 Å². The fourth-order valence-electron chi connectivity index (χ4n) is 3.70. The van der Waals surface area contributed by atoms with Gasteiger partial charge in [0.1, 0.15) is 0 Å². The molecule has 3 nitrogen and oxygen atoms in total. The smallest absolute Gasteiger partial charge is 0.0857 e. The van der Waals surface area contributed by atoms with E-state index in [-0.39, 0.29) is 0 Å². The summed E-state index contributed by atoms with van der Waals surface area (Å²) in [5.74, 6) is 0.845. The minimum Gasteiger partial charge on any atom is -0.374 e. The van der Waals surface area contributed by atoms with Crippen LogP contribution >= 0.6 is 0 Å². The lowest BCUT2D eigenvalue weighted by Gasteiger charge is -2.39. The Hall–Kier alpha value is -0.120. The second kappa shape index (κ2) is 8.23. The van der Waals surface area contributed by atoms with Crippen LogP contribution in [0.15, 0.2) is 0 Å². The van der Waals surface area contributed by atoms with Crippen molar-refractivity contribution in [2.45, 2.75) is 64.5 Å². The first-order valence-corrected chi connectivity index (χ1v) is 8.42. The first-order chi connectivity index (χ1) is 9.35. The molecule has 2 rings (SSSR count). The number of rotatable bonds is 7. The first kappa shape index (κ1) is 15.3. The molecule has 112 valence electrons. The van der Waals surface area contributed by atoms with E-state index in [2.05, 4.69) is 24.1 Å². The van der Waals surface area contributed by atoms with Crippen LogP contribution in [0.4, 0.5) is 0 Å². The van der Waals surface area contributed by atoms with E-state index in [1.54, 1.807) is 0 Å². The third-order valence-corrected chi connectivity index (χ3v) is 4.66. The highest BCUT2D eigenvalue weighted by atomic mass is 16.5. The molecule has 19 heavy (non-hydrogen) atoms. The summed E-state index contributed by atoms with van der Waals surface area (Å²) in [7, 11) is 0. The van der Waals surface area contributed by atoms with Gasteiger partial charge in [0.15, 0.2) is 0 Å². The Morgan fingerprint density at radius 2 is 2.00 bits per heavy atom. The average Bonchev–Trinajstić information content (AvgIpc) is 2.94. The lowest BCUT2D eigenvalue weighted by atomic mass is 9.92. The summed E-state index contributed by atoms with van der Waals surface area (Å²) in [6.45, 7) is 10.1. The van der Waals surface area contributed by atoms with Gasteiger partial charge in [-0.2, -0.15) is 0 Å². The molecule has 0 amide bonds. The molecule has 2 fully saturated rings. The molecule has 0 aromatic rings. The summed E-state index contributed by atoms with van der Waals surface area (Å²) in [6.07, 6.45) is 8.51. The van der Waals surface area contributed by atoms with Gasteiger partial charge >= 0.3 is 0 Å². The Kier molecular flexibility index (Phi) is 6.62. The van der Waals surface area contributed by atoms with Crippen LogP contribution in [0.2, 0.25) is 0 Å². The van der Waals surface area contributed by atoms with E-state index in [1.165, 1.54) is 45.1 Å². The number of nitrogens with zero attached hydrogens (tertiary/aromatic N) is 1. The summed E-state index contributed by atoms with van der Waals surface area (Å²) >= 11 is 0. The number of hydrogen-bond acceptors (Lipinski definition) is 3. The first-order valence-electron chi connectivity index (χ1n) is 8.42. The minimum absolute atomic E-state index is 0.412. The molecule has 1 aliphatic carbocycles. The molecule has 0 aromatic heterocycles. The van der Waals surface area contributed by atoms with Crippen LogP contribution in [0.25, 0.3) is 0 Å². The largest absolute Gasteiger partial charge is 0.374 e. The number of morpholine rings is 1. The Balaban J connectivity index is 1.91. The summed E-state index contributed by atoms with van der Waals surface area (Å²) in [5, 5.41) is 3.79. The van der Waals surface area contributed by atoms with Crippen LogP contribution in [-0.2, 0) is 4.74 Å². The maximum atomic E-state index is 6.12. The molecule has 1 saturated heterocycles. The molecule has 1 aliphatic heterocycles. The lowest BCUT2D eigenvalue weighted by molar-refractivity contribution is -0.0559. The van der Waals surface area contributed by atoms with Gasteiger partial charge < -0.3 is 10.1 Å². The van der Waals surface area contributed by atoms with Crippen molar-refractivity contribution < 1.29 is 4.74 Å². The quantitative estimate of drug-likeness (QED) is 0.768. The molecule has 0 aromatic carbocycles. The zero-order valence-electron chi connectivity index (χ0n) is 12.9. The van der Waals surface area contributed by atoms with Gasteiger partial charge in [-0.15, -0.1) is 0 Å². The molecule has 2 atom stereocenters. The predicted molar refractivity (Wildman–Crippen MR) is 80.5 cm³/mol. The van der Waals surface area contributed by atoms with Gasteiger partial charge in [0, 0.05) is 19.1 Å². The van der Waals surface area contributed by atoms with Gasteiger partial charge in [0.05, 0.1) is 12.7 Å². The normalized spacial score (nSPS) is 27.8. The standard InChI is InChI=1S/C16H32N2O/c1-3-9-17-16(14-7-5-6-8-14)15-13-18(10-4-2)11-12-19-15/h14-17H,3-13H2,1-2H3. The van der Waals surface area contributed by atoms with Crippen molar-refractivity contribution in [1.82, 2.24) is 10.2 Å². The van der Waals surface area contributed by atoms with Gasteiger partial charge in [-0.25, -0.2) is 0 Å². The van der Waals surface area contributed by atoms with Gasteiger partial charge in [-0.3, -0.25) is 4.90 Å². The van der Waals surface area contributed by atoms with E-state index in [0.717, 1.165) is 32.2 Å². The molecule has 1 saturated carbocycles. The van der Waals surface area contributed by atoms with E-state index >= 15 is 0 Å². The molecule has 2 unspecified atom stereocenters. The lowest BCUT2D eigenvalue weighted by Crippen LogP contribution is -2.54. The second-order valence-electron chi connectivity index (χ2n) is 6.23. The molecular weight excluding hydrogens is 236 g/mol. The number of ether oxygens (including phenoxy) is 1. The van der Waals surface area contributed by atoms with Crippen molar-refractivity contribution >= 4 is 0 Å². The van der Waals surface area contributed by atoms with Crippen molar-refractivity contribution in [1.29, 1.82) is 0 Å². The van der Waals surface area contributed by atoms with Crippen molar-refractivity contribution in [3.63, 3.8) is 0 Å². The monoisotopic (exact) mass is 268 g/mol. The van der Waals surface area contributed by atoms with E-state index in [9.17, 15) is 0 Å². The van der Waals surface area contributed by atoms with Crippen LogP contribution in [0, 0.1) is 5.92 Å². The Bertz CT molecular complexity index is 239. The minimum atomic E-state index is 0.412. The third-order valence-electron chi connectivity index (χ3n) is 4.66. The molecule has 0 spiro atoms. The van der Waals surface area contributed by atoms with Crippen LogP contribution in [0.5, 0.6) is 0 Å². The third kappa shape index (κ3) is 4.44.